The molecule has 2 aliphatic rings. The van der Waals surface area contributed by atoms with Crippen LogP contribution < -0.4 is 5.32 Å². The molecule has 0 aromatic heterocycles. The molecule has 1 saturated heterocycles. The molecular formula is C11H23ClN2. The Bertz CT molecular complexity index is 199. The van der Waals surface area contributed by atoms with Crippen LogP contribution in [0.5, 0.6) is 0 Å². The van der Waals surface area contributed by atoms with Gasteiger partial charge in [0.2, 0.25) is 0 Å². The number of nitrogens with zero attached hydrogens (tertiary/aromatic N) is 1. The summed E-state index contributed by atoms with van der Waals surface area (Å²) in [5, 5.41) is 3.47. The Kier molecular flexibility index (Phi) is 3.50. The van der Waals surface area contributed by atoms with Gasteiger partial charge < -0.3 is 5.32 Å². The number of nitrogens with one attached hydrogen (secondary N) is 1. The number of rotatable bonds is 2. The van der Waals surface area contributed by atoms with Gasteiger partial charge in [0.05, 0.1) is 0 Å². The number of halogens is 1. The van der Waals surface area contributed by atoms with E-state index < -0.39 is 0 Å². The van der Waals surface area contributed by atoms with E-state index in [-0.39, 0.29) is 12.4 Å². The van der Waals surface area contributed by atoms with E-state index in [0.29, 0.717) is 11.0 Å². The van der Waals surface area contributed by atoms with Gasteiger partial charge in [0.25, 0.3) is 0 Å². The van der Waals surface area contributed by atoms with E-state index in [4.69, 9.17) is 0 Å². The Hall–Kier alpha value is 0.210. The Morgan fingerprint density at radius 1 is 1.21 bits per heavy atom. The van der Waals surface area contributed by atoms with Gasteiger partial charge >= 0.3 is 0 Å². The van der Waals surface area contributed by atoms with Crippen molar-refractivity contribution in [1.29, 1.82) is 0 Å². The molecule has 2 nitrogen and oxygen atoms in total. The summed E-state index contributed by atoms with van der Waals surface area (Å²) >= 11 is 0. The summed E-state index contributed by atoms with van der Waals surface area (Å²) < 4.78 is 0. The SMILES string of the molecule is CC1(CN2CCNCC2(C)C)CC1.Cl. The smallest absolute Gasteiger partial charge is 0.0278 e. The van der Waals surface area contributed by atoms with E-state index in [1.165, 1.54) is 32.5 Å². The van der Waals surface area contributed by atoms with Gasteiger partial charge in [-0.25, -0.2) is 0 Å². The van der Waals surface area contributed by atoms with Crippen molar-refractivity contribution in [1.82, 2.24) is 10.2 Å². The highest BCUT2D eigenvalue weighted by Crippen LogP contribution is 2.46. The number of piperazine rings is 1. The zero-order valence-electron chi connectivity index (χ0n) is 9.60. The van der Waals surface area contributed by atoms with Crippen molar-refractivity contribution in [3.05, 3.63) is 0 Å². The van der Waals surface area contributed by atoms with Gasteiger partial charge in [-0.2, -0.15) is 0 Å². The first-order chi connectivity index (χ1) is 6.02. The summed E-state index contributed by atoms with van der Waals surface area (Å²) in [5.41, 5.74) is 1.03. The molecule has 1 aliphatic heterocycles. The first-order valence-electron chi connectivity index (χ1n) is 5.48. The summed E-state index contributed by atoms with van der Waals surface area (Å²) in [6, 6.07) is 0. The Morgan fingerprint density at radius 2 is 1.86 bits per heavy atom. The molecule has 0 amide bonds. The molecule has 1 saturated carbocycles. The van der Waals surface area contributed by atoms with Crippen LogP contribution >= 0.6 is 12.4 Å². The summed E-state index contributed by atoms with van der Waals surface area (Å²) in [7, 11) is 0. The van der Waals surface area contributed by atoms with E-state index >= 15 is 0 Å². The fourth-order valence-electron chi connectivity index (χ4n) is 2.15. The molecule has 0 aromatic carbocycles. The van der Waals surface area contributed by atoms with Crippen LogP contribution in [0.3, 0.4) is 0 Å². The van der Waals surface area contributed by atoms with Gasteiger partial charge in [-0.3, -0.25) is 4.90 Å². The van der Waals surface area contributed by atoms with Gasteiger partial charge in [-0.1, -0.05) is 6.92 Å². The van der Waals surface area contributed by atoms with Gasteiger partial charge in [-0.15, -0.1) is 12.4 Å². The first kappa shape index (κ1) is 12.3. The third-order valence-corrected chi connectivity index (χ3v) is 3.65. The predicted octanol–water partition coefficient (Wildman–Crippen LogP) is 1.89. The van der Waals surface area contributed by atoms with E-state index in [9.17, 15) is 0 Å². The molecule has 1 heterocycles. The quantitative estimate of drug-likeness (QED) is 0.762. The second-order valence-corrected chi connectivity index (χ2v) is 5.72. The summed E-state index contributed by atoms with van der Waals surface area (Å²) in [4.78, 5) is 2.66. The molecule has 1 N–H and O–H groups in total. The highest BCUT2D eigenvalue weighted by atomic mass is 35.5. The molecule has 84 valence electrons. The molecule has 0 bridgehead atoms. The highest BCUT2D eigenvalue weighted by molar-refractivity contribution is 5.85. The zero-order valence-corrected chi connectivity index (χ0v) is 10.4. The Balaban J connectivity index is 0.000000980. The maximum absolute atomic E-state index is 3.47. The summed E-state index contributed by atoms with van der Waals surface area (Å²) in [5.74, 6) is 0. The molecule has 0 atom stereocenters. The van der Waals surface area contributed by atoms with Crippen molar-refractivity contribution < 1.29 is 0 Å². The fraction of sp³-hybridized carbons (Fsp3) is 1.00. The molecule has 2 rings (SSSR count). The van der Waals surface area contributed by atoms with Crippen LogP contribution in [0, 0.1) is 5.41 Å². The minimum atomic E-state index is 0. The minimum absolute atomic E-state index is 0. The standard InChI is InChI=1S/C11H22N2.ClH/c1-10(2)8-12-6-7-13(10)9-11(3)4-5-11;/h12H,4-9H2,1-3H3;1H. The van der Waals surface area contributed by atoms with Crippen molar-refractivity contribution in [3.63, 3.8) is 0 Å². The predicted molar refractivity (Wildman–Crippen MR) is 63.1 cm³/mol. The number of hydrogen-bond donors (Lipinski definition) is 1. The van der Waals surface area contributed by atoms with Crippen molar-refractivity contribution in [2.24, 2.45) is 5.41 Å². The van der Waals surface area contributed by atoms with E-state index in [1.54, 1.807) is 0 Å². The van der Waals surface area contributed by atoms with E-state index in [2.05, 4.69) is 31.0 Å². The lowest BCUT2D eigenvalue weighted by Gasteiger charge is -2.44. The molecule has 0 aromatic rings. The average molecular weight is 219 g/mol. The average Bonchev–Trinajstić information content (AvgIpc) is 2.74. The lowest BCUT2D eigenvalue weighted by molar-refractivity contribution is 0.0708. The van der Waals surface area contributed by atoms with Crippen LogP contribution in [0.2, 0.25) is 0 Å². The van der Waals surface area contributed by atoms with Crippen molar-refractivity contribution in [3.8, 4) is 0 Å². The van der Waals surface area contributed by atoms with Crippen LogP contribution in [-0.2, 0) is 0 Å². The topological polar surface area (TPSA) is 15.3 Å². The van der Waals surface area contributed by atoms with E-state index in [1.807, 2.05) is 0 Å². The summed E-state index contributed by atoms with van der Waals surface area (Å²) in [6.07, 6.45) is 2.88. The second kappa shape index (κ2) is 3.99. The van der Waals surface area contributed by atoms with Gasteiger partial charge in [0, 0.05) is 31.7 Å². The molecule has 0 unspecified atom stereocenters. The molecule has 3 heteroatoms. The molecule has 0 radical (unpaired) electrons. The molecule has 14 heavy (non-hydrogen) atoms. The normalized spacial score (nSPS) is 29.4. The maximum atomic E-state index is 3.47. The third kappa shape index (κ3) is 2.62. The van der Waals surface area contributed by atoms with Crippen LogP contribution in [-0.4, -0.2) is 36.6 Å². The number of hydrogen-bond acceptors (Lipinski definition) is 2. The fourth-order valence-corrected chi connectivity index (χ4v) is 2.15. The third-order valence-electron chi connectivity index (χ3n) is 3.65. The van der Waals surface area contributed by atoms with Crippen molar-refractivity contribution in [2.75, 3.05) is 26.2 Å². The Morgan fingerprint density at radius 3 is 2.36 bits per heavy atom. The Labute approximate surface area is 93.8 Å². The first-order valence-corrected chi connectivity index (χ1v) is 5.48. The zero-order chi connectivity index (χ0) is 9.53. The van der Waals surface area contributed by atoms with Crippen LogP contribution in [0.25, 0.3) is 0 Å². The van der Waals surface area contributed by atoms with Crippen LogP contribution in [0.1, 0.15) is 33.6 Å². The lowest BCUT2D eigenvalue weighted by atomic mass is 9.97. The monoisotopic (exact) mass is 218 g/mol. The molecule has 1 aliphatic carbocycles. The second-order valence-electron chi connectivity index (χ2n) is 5.72. The van der Waals surface area contributed by atoms with Gasteiger partial charge in [-0.05, 0) is 32.1 Å². The van der Waals surface area contributed by atoms with Crippen LogP contribution in [0.4, 0.5) is 0 Å². The largest absolute Gasteiger partial charge is 0.314 e. The highest BCUT2D eigenvalue weighted by Gasteiger charge is 2.42. The molecule has 2 fully saturated rings. The molecular weight excluding hydrogens is 196 g/mol. The lowest BCUT2D eigenvalue weighted by Crippen LogP contribution is -2.58. The summed E-state index contributed by atoms with van der Waals surface area (Å²) in [6.45, 7) is 12.0. The van der Waals surface area contributed by atoms with Gasteiger partial charge in [0.1, 0.15) is 0 Å². The van der Waals surface area contributed by atoms with Crippen molar-refractivity contribution >= 4 is 12.4 Å². The van der Waals surface area contributed by atoms with E-state index in [0.717, 1.165) is 6.54 Å². The molecule has 0 spiro atoms. The van der Waals surface area contributed by atoms with Crippen molar-refractivity contribution in [2.45, 2.75) is 39.2 Å². The minimum Gasteiger partial charge on any atom is -0.314 e. The van der Waals surface area contributed by atoms with Gasteiger partial charge in [0.15, 0.2) is 0 Å². The van der Waals surface area contributed by atoms with Crippen LogP contribution in [0.15, 0.2) is 0 Å². The maximum Gasteiger partial charge on any atom is 0.0278 e.